The number of carbonyl (C=O) groups is 2. The van der Waals surface area contributed by atoms with Crippen LogP contribution in [0.5, 0.6) is 11.5 Å². The van der Waals surface area contributed by atoms with E-state index < -0.39 is 6.61 Å². The Hall–Kier alpha value is -2.98. The van der Waals surface area contributed by atoms with E-state index in [0.29, 0.717) is 31.8 Å². The van der Waals surface area contributed by atoms with Crippen LogP contribution in [0.3, 0.4) is 0 Å². The molecule has 2 aliphatic rings. The molecule has 0 atom stereocenters. The Balaban J connectivity index is 1.63. The van der Waals surface area contributed by atoms with Gasteiger partial charge in [0.2, 0.25) is 0 Å². The lowest BCUT2D eigenvalue weighted by molar-refractivity contribution is -0.121. The quantitative estimate of drug-likeness (QED) is 0.556. The molecule has 4 rings (SSSR count). The molecule has 0 bridgehead atoms. The maximum atomic E-state index is 12.5. The van der Waals surface area contributed by atoms with Crippen LogP contribution in [0.2, 0.25) is 0 Å². The number of anilines is 1. The maximum absolute atomic E-state index is 12.5. The van der Waals surface area contributed by atoms with Crippen LogP contribution in [0.1, 0.15) is 11.1 Å². The van der Waals surface area contributed by atoms with Crippen molar-refractivity contribution in [3.8, 4) is 11.5 Å². The van der Waals surface area contributed by atoms with Gasteiger partial charge in [0, 0.05) is 0 Å². The predicted octanol–water partition coefficient (Wildman–Crippen LogP) is 3.70. The fraction of sp³-hybridized carbons (Fsp3) is 0.150. The van der Waals surface area contributed by atoms with Crippen LogP contribution in [0.4, 0.5) is 14.5 Å². The zero-order chi connectivity index (χ0) is 21.3. The van der Waals surface area contributed by atoms with E-state index in [9.17, 15) is 18.4 Å². The molecule has 6 nitrogen and oxygen atoms in total. The first kappa shape index (κ1) is 20.3. The third-order valence-corrected chi connectivity index (χ3v) is 5.49. The van der Waals surface area contributed by atoms with Gasteiger partial charge in [-0.05, 0) is 41.5 Å². The predicted molar refractivity (Wildman–Crippen MR) is 113 cm³/mol. The Morgan fingerprint density at radius 1 is 1.27 bits per heavy atom. The summed E-state index contributed by atoms with van der Waals surface area (Å²) in [5.74, 6) is -0.0256. The van der Waals surface area contributed by atoms with Crippen molar-refractivity contribution in [3.63, 3.8) is 0 Å². The van der Waals surface area contributed by atoms with Gasteiger partial charge in [0.15, 0.2) is 6.61 Å². The van der Waals surface area contributed by atoms with Gasteiger partial charge in [-0.15, -0.1) is 0 Å². The summed E-state index contributed by atoms with van der Waals surface area (Å²) in [7, 11) is 0. The number of benzene rings is 2. The summed E-state index contributed by atoms with van der Waals surface area (Å²) < 4.78 is 35.3. The van der Waals surface area contributed by atoms with E-state index in [4.69, 9.17) is 17.0 Å². The van der Waals surface area contributed by atoms with Gasteiger partial charge >= 0.3 is 6.61 Å². The Bertz CT molecular complexity index is 1070. The van der Waals surface area contributed by atoms with Gasteiger partial charge in [-0.3, -0.25) is 9.59 Å². The molecule has 30 heavy (non-hydrogen) atoms. The van der Waals surface area contributed by atoms with Crippen LogP contribution in [0.25, 0.3) is 6.08 Å². The normalized spacial score (nSPS) is 17.2. The largest absolute Gasteiger partial charge is 0.482 e. The summed E-state index contributed by atoms with van der Waals surface area (Å²) in [6.45, 7) is -2.91. The Morgan fingerprint density at radius 3 is 2.83 bits per heavy atom. The number of halogens is 2. The highest BCUT2D eigenvalue weighted by molar-refractivity contribution is 8.26. The average Bonchev–Trinajstić information content (AvgIpc) is 3.01. The van der Waals surface area contributed by atoms with Gasteiger partial charge in [-0.25, -0.2) is 0 Å². The standard InChI is InChI=1S/C20H14F2N2O4S2/c21-19(22)28-13-3-1-2-12(6-13)9-24-14-7-11(4-5-15(14)27-10-17(24)25)8-16-18(26)23-20(29)30-16/h1-8,19H,9-10H2,(H,23,26,29). The molecule has 1 fully saturated rings. The molecule has 2 aromatic rings. The van der Waals surface area contributed by atoms with Gasteiger partial charge in [-0.2, -0.15) is 8.78 Å². The minimum atomic E-state index is -2.93. The molecule has 2 aromatic carbocycles. The smallest absolute Gasteiger partial charge is 0.387 e. The number of ether oxygens (including phenoxy) is 2. The molecule has 0 unspecified atom stereocenters. The number of carbonyl (C=O) groups excluding carboxylic acids is 2. The van der Waals surface area contributed by atoms with E-state index in [1.165, 1.54) is 17.0 Å². The summed E-state index contributed by atoms with van der Waals surface area (Å²) in [5, 5.41) is 2.55. The van der Waals surface area contributed by atoms with Gasteiger partial charge in [0.1, 0.15) is 15.8 Å². The zero-order valence-corrected chi connectivity index (χ0v) is 16.9. The van der Waals surface area contributed by atoms with Crippen molar-refractivity contribution in [1.29, 1.82) is 0 Å². The second-order valence-corrected chi connectivity index (χ2v) is 8.09. The highest BCUT2D eigenvalue weighted by Gasteiger charge is 2.27. The average molecular weight is 448 g/mol. The van der Waals surface area contributed by atoms with Crippen molar-refractivity contribution >= 4 is 51.9 Å². The van der Waals surface area contributed by atoms with Crippen LogP contribution in [-0.4, -0.2) is 29.4 Å². The second kappa shape index (κ2) is 8.41. The van der Waals surface area contributed by atoms with E-state index in [-0.39, 0.29) is 30.7 Å². The highest BCUT2D eigenvalue weighted by atomic mass is 32.2. The molecule has 10 heteroatoms. The fourth-order valence-corrected chi connectivity index (χ4v) is 4.10. The van der Waals surface area contributed by atoms with Crippen molar-refractivity contribution in [2.24, 2.45) is 0 Å². The minimum absolute atomic E-state index is 0.0159. The molecular weight excluding hydrogens is 434 g/mol. The van der Waals surface area contributed by atoms with Gasteiger partial charge in [0.05, 0.1) is 17.1 Å². The van der Waals surface area contributed by atoms with Crippen LogP contribution < -0.4 is 19.7 Å². The summed E-state index contributed by atoms with van der Waals surface area (Å²) in [6, 6.07) is 11.4. The highest BCUT2D eigenvalue weighted by Crippen LogP contribution is 2.36. The summed E-state index contributed by atoms with van der Waals surface area (Å²) >= 11 is 6.15. The van der Waals surface area contributed by atoms with Crippen LogP contribution in [0, 0.1) is 0 Å². The lowest BCUT2D eigenvalue weighted by Gasteiger charge is -2.30. The maximum Gasteiger partial charge on any atom is 0.387 e. The number of alkyl halides is 2. The van der Waals surface area contributed by atoms with Crippen LogP contribution in [0.15, 0.2) is 47.4 Å². The fourth-order valence-electron chi connectivity index (χ4n) is 3.06. The van der Waals surface area contributed by atoms with Crippen molar-refractivity contribution < 1.29 is 27.8 Å². The monoisotopic (exact) mass is 448 g/mol. The van der Waals surface area contributed by atoms with E-state index in [1.54, 1.807) is 36.4 Å². The zero-order valence-electron chi connectivity index (χ0n) is 15.3. The SMILES string of the molecule is O=C1NC(=S)SC1=Cc1ccc2c(c1)N(Cc1cccc(OC(F)F)c1)C(=O)CO2. The molecule has 0 radical (unpaired) electrons. The lowest BCUT2D eigenvalue weighted by atomic mass is 10.1. The number of amides is 2. The Kier molecular flexibility index (Phi) is 5.69. The molecular formula is C20H14F2N2O4S2. The first-order chi connectivity index (χ1) is 14.4. The molecule has 1 saturated heterocycles. The second-order valence-electron chi connectivity index (χ2n) is 6.37. The first-order valence-corrected chi connectivity index (χ1v) is 9.97. The van der Waals surface area contributed by atoms with Crippen molar-refractivity contribution in [2.75, 3.05) is 11.5 Å². The number of nitrogens with zero attached hydrogens (tertiary/aromatic N) is 1. The van der Waals surface area contributed by atoms with Gasteiger partial charge < -0.3 is 19.7 Å². The molecule has 0 aromatic heterocycles. The summed E-state index contributed by atoms with van der Waals surface area (Å²) in [5.41, 5.74) is 1.83. The number of hydrogen-bond donors (Lipinski definition) is 1. The molecule has 2 amide bonds. The van der Waals surface area contributed by atoms with E-state index in [0.717, 1.165) is 11.8 Å². The Morgan fingerprint density at radius 2 is 2.10 bits per heavy atom. The lowest BCUT2D eigenvalue weighted by Crippen LogP contribution is -2.38. The number of nitrogens with one attached hydrogen (secondary N) is 1. The number of fused-ring (bicyclic) bond motifs is 1. The third kappa shape index (κ3) is 4.44. The number of thioether (sulfide) groups is 1. The molecule has 0 spiro atoms. The number of hydrogen-bond acceptors (Lipinski definition) is 6. The molecule has 0 aliphatic carbocycles. The summed E-state index contributed by atoms with van der Waals surface area (Å²) in [4.78, 5) is 26.4. The summed E-state index contributed by atoms with van der Waals surface area (Å²) in [6.07, 6.45) is 1.67. The first-order valence-electron chi connectivity index (χ1n) is 8.75. The molecule has 0 saturated carbocycles. The van der Waals surface area contributed by atoms with E-state index in [1.807, 2.05) is 0 Å². The van der Waals surface area contributed by atoms with Crippen molar-refractivity contribution in [3.05, 3.63) is 58.5 Å². The molecule has 2 aliphatic heterocycles. The van der Waals surface area contributed by atoms with Gasteiger partial charge in [-0.1, -0.05) is 42.2 Å². The molecule has 2 heterocycles. The third-order valence-electron chi connectivity index (χ3n) is 4.33. The van der Waals surface area contributed by atoms with E-state index in [2.05, 4.69) is 10.1 Å². The van der Waals surface area contributed by atoms with Crippen molar-refractivity contribution in [1.82, 2.24) is 5.32 Å². The minimum Gasteiger partial charge on any atom is -0.482 e. The number of rotatable bonds is 5. The molecule has 154 valence electrons. The van der Waals surface area contributed by atoms with Crippen molar-refractivity contribution in [2.45, 2.75) is 13.2 Å². The van der Waals surface area contributed by atoms with E-state index >= 15 is 0 Å². The topological polar surface area (TPSA) is 67.9 Å². The number of thiocarbonyl (C=S) groups is 1. The Labute approximate surface area is 179 Å². The molecule has 1 N–H and O–H groups in total. The van der Waals surface area contributed by atoms with Gasteiger partial charge in [0.25, 0.3) is 11.8 Å². The van der Waals surface area contributed by atoms with Crippen LogP contribution in [-0.2, 0) is 16.1 Å². The van der Waals surface area contributed by atoms with Crippen LogP contribution >= 0.6 is 24.0 Å².